The zero-order valence-corrected chi connectivity index (χ0v) is 12.6. The molecule has 9 heteroatoms. The molecule has 0 spiro atoms. The van der Waals surface area contributed by atoms with Crippen molar-refractivity contribution in [3.8, 4) is 0 Å². The third-order valence-corrected chi connectivity index (χ3v) is 5.46. The van der Waals surface area contributed by atoms with E-state index in [4.69, 9.17) is 0 Å². The van der Waals surface area contributed by atoms with Crippen molar-refractivity contribution >= 4 is 15.5 Å². The fourth-order valence-corrected chi connectivity index (χ4v) is 4.34. The average molecular weight is 302 g/mol. The van der Waals surface area contributed by atoms with Crippen molar-refractivity contribution in [2.75, 3.05) is 18.6 Å². The van der Waals surface area contributed by atoms with E-state index < -0.39 is 14.8 Å². The van der Waals surface area contributed by atoms with Gasteiger partial charge in [0.25, 0.3) is 0 Å². The molecule has 1 fully saturated rings. The number of hydrogen-bond donors (Lipinski definition) is 0. The second kappa shape index (κ2) is 5.13. The summed E-state index contributed by atoms with van der Waals surface area (Å²) in [6.45, 7) is 3.60. The van der Waals surface area contributed by atoms with Gasteiger partial charge in [-0.3, -0.25) is 15.0 Å². The summed E-state index contributed by atoms with van der Waals surface area (Å²) in [4.78, 5) is 12.4. The Hall–Kier alpha value is -1.48. The van der Waals surface area contributed by atoms with Crippen LogP contribution in [0.25, 0.3) is 0 Å². The summed E-state index contributed by atoms with van der Waals surface area (Å²) in [7, 11) is -1.13. The number of nitro groups is 1. The standard InChI is InChI=1S/C11H18N4O4S/c1-8-11(15(16)17)9(2)14(12-8)7-13(3)10-4-5-20(18,19)6-10/h10H,4-7H2,1-3H3. The predicted molar refractivity (Wildman–Crippen MR) is 73.2 cm³/mol. The Morgan fingerprint density at radius 3 is 2.60 bits per heavy atom. The lowest BCUT2D eigenvalue weighted by atomic mass is 10.2. The molecule has 2 rings (SSSR count). The first-order valence-corrected chi connectivity index (χ1v) is 8.12. The number of sulfone groups is 1. The van der Waals surface area contributed by atoms with Gasteiger partial charge in [-0.1, -0.05) is 0 Å². The lowest BCUT2D eigenvalue weighted by Crippen LogP contribution is -2.34. The molecule has 1 saturated heterocycles. The molecule has 20 heavy (non-hydrogen) atoms. The van der Waals surface area contributed by atoms with Crippen LogP contribution in [0, 0.1) is 24.0 Å². The Kier molecular flexibility index (Phi) is 3.83. The largest absolute Gasteiger partial charge is 0.312 e. The van der Waals surface area contributed by atoms with E-state index in [1.807, 2.05) is 11.9 Å². The van der Waals surface area contributed by atoms with Gasteiger partial charge >= 0.3 is 5.69 Å². The number of rotatable bonds is 4. The van der Waals surface area contributed by atoms with Gasteiger partial charge in [0, 0.05) is 6.04 Å². The molecule has 0 bridgehead atoms. The first-order valence-electron chi connectivity index (χ1n) is 6.30. The quantitative estimate of drug-likeness (QED) is 0.593. The van der Waals surface area contributed by atoms with Crippen molar-refractivity contribution in [1.29, 1.82) is 0 Å². The van der Waals surface area contributed by atoms with E-state index in [2.05, 4.69) is 5.10 Å². The molecule has 0 amide bonds. The molecule has 1 aromatic heterocycles. The van der Waals surface area contributed by atoms with Gasteiger partial charge in [0.05, 0.1) is 23.1 Å². The molecule has 1 aliphatic rings. The SMILES string of the molecule is Cc1nn(CN(C)C2CCS(=O)(=O)C2)c(C)c1[N+](=O)[O-]. The van der Waals surface area contributed by atoms with Crippen LogP contribution < -0.4 is 0 Å². The highest BCUT2D eigenvalue weighted by atomic mass is 32.2. The maximum atomic E-state index is 11.5. The van der Waals surface area contributed by atoms with Gasteiger partial charge in [-0.2, -0.15) is 5.10 Å². The molecule has 0 N–H and O–H groups in total. The van der Waals surface area contributed by atoms with Crippen molar-refractivity contribution in [2.24, 2.45) is 0 Å². The highest BCUT2D eigenvalue weighted by molar-refractivity contribution is 7.91. The third kappa shape index (κ3) is 2.83. The van der Waals surface area contributed by atoms with Crippen molar-refractivity contribution in [1.82, 2.24) is 14.7 Å². The Labute approximate surface area is 117 Å². The summed E-state index contributed by atoms with van der Waals surface area (Å²) in [5, 5.41) is 15.1. The lowest BCUT2D eigenvalue weighted by molar-refractivity contribution is -0.386. The van der Waals surface area contributed by atoms with Crippen LogP contribution in [0.3, 0.4) is 0 Å². The third-order valence-electron chi connectivity index (χ3n) is 3.71. The monoisotopic (exact) mass is 302 g/mol. The molecule has 1 aliphatic heterocycles. The minimum absolute atomic E-state index is 0.0254. The Balaban J connectivity index is 2.15. The fraction of sp³-hybridized carbons (Fsp3) is 0.727. The van der Waals surface area contributed by atoms with Gasteiger partial charge in [0.2, 0.25) is 0 Å². The van der Waals surface area contributed by atoms with E-state index in [-0.39, 0.29) is 23.2 Å². The zero-order chi connectivity index (χ0) is 15.1. The van der Waals surface area contributed by atoms with Crippen LogP contribution in [-0.2, 0) is 16.5 Å². The molecule has 0 aromatic carbocycles. The van der Waals surface area contributed by atoms with Gasteiger partial charge in [0.15, 0.2) is 9.84 Å². The summed E-state index contributed by atoms with van der Waals surface area (Å²) in [6.07, 6.45) is 0.597. The highest BCUT2D eigenvalue weighted by Crippen LogP contribution is 2.23. The number of hydrogen-bond acceptors (Lipinski definition) is 6. The Bertz CT molecular complexity index is 637. The summed E-state index contributed by atoms with van der Waals surface area (Å²) in [5.41, 5.74) is 0.887. The molecule has 1 unspecified atom stereocenters. The normalized spacial score (nSPS) is 21.5. The minimum Gasteiger partial charge on any atom is -0.283 e. The maximum absolute atomic E-state index is 11.5. The summed E-state index contributed by atoms with van der Waals surface area (Å²) < 4.78 is 24.5. The van der Waals surface area contributed by atoms with Crippen LogP contribution in [-0.4, -0.2) is 52.6 Å². The second-order valence-corrected chi connectivity index (χ2v) is 7.46. The van der Waals surface area contributed by atoms with Crippen LogP contribution >= 0.6 is 0 Å². The topological polar surface area (TPSA) is 98.3 Å². The Morgan fingerprint density at radius 1 is 1.50 bits per heavy atom. The molecular formula is C11H18N4O4S. The van der Waals surface area contributed by atoms with E-state index in [9.17, 15) is 18.5 Å². The van der Waals surface area contributed by atoms with E-state index >= 15 is 0 Å². The summed E-state index contributed by atoms with van der Waals surface area (Å²) >= 11 is 0. The van der Waals surface area contributed by atoms with Crippen molar-refractivity contribution < 1.29 is 13.3 Å². The molecular weight excluding hydrogens is 284 g/mol. The molecule has 0 radical (unpaired) electrons. The molecule has 112 valence electrons. The average Bonchev–Trinajstić information content (AvgIpc) is 2.80. The number of aromatic nitrogens is 2. The van der Waals surface area contributed by atoms with E-state index in [1.54, 1.807) is 18.5 Å². The lowest BCUT2D eigenvalue weighted by Gasteiger charge is -2.23. The van der Waals surface area contributed by atoms with Crippen molar-refractivity contribution in [3.63, 3.8) is 0 Å². The van der Waals surface area contributed by atoms with Gasteiger partial charge in [-0.15, -0.1) is 0 Å². The molecule has 2 heterocycles. The number of nitrogens with zero attached hydrogens (tertiary/aromatic N) is 4. The van der Waals surface area contributed by atoms with Gasteiger partial charge < -0.3 is 0 Å². The first kappa shape index (κ1) is 14.9. The van der Waals surface area contributed by atoms with Crippen LogP contribution in [0.2, 0.25) is 0 Å². The first-order chi connectivity index (χ1) is 9.21. The number of aryl methyl sites for hydroxylation is 1. The molecule has 8 nitrogen and oxygen atoms in total. The van der Waals surface area contributed by atoms with Crippen LogP contribution in [0.1, 0.15) is 17.8 Å². The minimum atomic E-state index is -2.94. The van der Waals surface area contributed by atoms with Gasteiger partial charge in [-0.05, 0) is 27.3 Å². The van der Waals surface area contributed by atoms with E-state index in [1.165, 1.54) is 0 Å². The van der Waals surface area contributed by atoms with Crippen LogP contribution in [0.5, 0.6) is 0 Å². The maximum Gasteiger partial charge on any atom is 0.312 e. The molecule has 0 aliphatic carbocycles. The molecule has 1 aromatic rings. The zero-order valence-electron chi connectivity index (χ0n) is 11.7. The van der Waals surface area contributed by atoms with Crippen LogP contribution in [0.4, 0.5) is 5.69 Å². The highest BCUT2D eigenvalue weighted by Gasteiger charge is 2.31. The van der Waals surface area contributed by atoms with Gasteiger partial charge in [0.1, 0.15) is 11.4 Å². The smallest absolute Gasteiger partial charge is 0.283 e. The van der Waals surface area contributed by atoms with E-state index in [0.29, 0.717) is 24.5 Å². The van der Waals surface area contributed by atoms with Crippen molar-refractivity contribution in [3.05, 3.63) is 21.5 Å². The molecule has 0 saturated carbocycles. The molecule has 1 atom stereocenters. The second-order valence-electron chi connectivity index (χ2n) is 5.23. The summed E-state index contributed by atoms with van der Waals surface area (Å²) in [6, 6.07) is -0.0528. The summed E-state index contributed by atoms with van der Waals surface area (Å²) in [5.74, 6) is 0.351. The van der Waals surface area contributed by atoms with Gasteiger partial charge in [-0.25, -0.2) is 13.1 Å². The van der Waals surface area contributed by atoms with E-state index in [0.717, 1.165) is 0 Å². The Morgan fingerprint density at radius 2 is 2.15 bits per heavy atom. The fourth-order valence-electron chi connectivity index (χ4n) is 2.54. The van der Waals surface area contributed by atoms with Crippen molar-refractivity contribution in [2.45, 2.75) is 33.0 Å². The van der Waals surface area contributed by atoms with Crippen LogP contribution in [0.15, 0.2) is 0 Å². The predicted octanol–water partition coefficient (Wildman–Crippen LogP) is 0.485.